The summed E-state index contributed by atoms with van der Waals surface area (Å²) in [6, 6.07) is 8.50. The van der Waals surface area contributed by atoms with Crippen LogP contribution in [0.1, 0.15) is 35.8 Å². The van der Waals surface area contributed by atoms with Crippen LogP contribution in [0.4, 0.5) is 5.69 Å². The van der Waals surface area contributed by atoms with Gasteiger partial charge in [0.15, 0.2) is 5.69 Å². The molecule has 0 spiro atoms. The SMILES string of the molecule is C=C[C@@](C)(O)CN1CCN(Cc2nc(C(=O)N3CCN(c4ccccc4CC)CC3)co2)CC1. The molecule has 4 rings (SSSR count). The van der Waals surface area contributed by atoms with Crippen LogP contribution in [0.2, 0.25) is 0 Å². The molecule has 3 heterocycles. The Bertz CT molecular complexity index is 972. The molecule has 2 aromatic rings. The Morgan fingerprint density at radius 3 is 2.47 bits per heavy atom. The monoisotopic (exact) mass is 467 g/mol. The zero-order valence-electron chi connectivity index (χ0n) is 20.4. The lowest BCUT2D eigenvalue weighted by molar-refractivity contribution is 0.0348. The first-order chi connectivity index (χ1) is 16.4. The number of hydrogen-bond donors (Lipinski definition) is 1. The molecule has 1 N–H and O–H groups in total. The second-order valence-electron chi connectivity index (χ2n) is 9.50. The van der Waals surface area contributed by atoms with E-state index in [1.807, 2.05) is 4.90 Å². The third-order valence-corrected chi connectivity index (χ3v) is 6.86. The maximum atomic E-state index is 13.0. The Kier molecular flexibility index (Phi) is 7.70. The number of anilines is 1. The van der Waals surface area contributed by atoms with E-state index in [1.165, 1.54) is 17.5 Å². The number of β-amino-alcohol motifs (C(OH)–C–C–N with tert-alkyl or cyclic N) is 1. The van der Waals surface area contributed by atoms with Gasteiger partial charge in [0.05, 0.1) is 12.1 Å². The first-order valence-electron chi connectivity index (χ1n) is 12.3. The van der Waals surface area contributed by atoms with Crippen LogP contribution in [0.3, 0.4) is 0 Å². The summed E-state index contributed by atoms with van der Waals surface area (Å²) in [5.74, 6) is 0.514. The molecule has 1 aromatic heterocycles. The summed E-state index contributed by atoms with van der Waals surface area (Å²) in [6.45, 7) is 15.3. The largest absolute Gasteiger partial charge is 0.447 e. The number of nitrogens with zero attached hydrogens (tertiary/aromatic N) is 5. The highest BCUT2D eigenvalue weighted by Gasteiger charge is 2.27. The molecule has 1 aromatic carbocycles. The van der Waals surface area contributed by atoms with Gasteiger partial charge in [-0.05, 0) is 25.0 Å². The van der Waals surface area contributed by atoms with Crippen molar-refractivity contribution in [2.75, 3.05) is 63.8 Å². The average molecular weight is 468 g/mol. The van der Waals surface area contributed by atoms with Crippen molar-refractivity contribution in [3.05, 3.63) is 60.3 Å². The summed E-state index contributed by atoms with van der Waals surface area (Å²) >= 11 is 0. The fraction of sp³-hybridized carbons (Fsp3) is 0.538. The number of aliphatic hydroxyl groups is 1. The molecule has 2 fully saturated rings. The summed E-state index contributed by atoms with van der Waals surface area (Å²) in [7, 11) is 0. The van der Waals surface area contributed by atoms with E-state index >= 15 is 0 Å². The van der Waals surface area contributed by atoms with Crippen molar-refractivity contribution in [2.24, 2.45) is 0 Å². The highest BCUT2D eigenvalue weighted by atomic mass is 16.3. The fourth-order valence-electron chi connectivity index (χ4n) is 4.73. The van der Waals surface area contributed by atoms with Gasteiger partial charge in [-0.2, -0.15) is 0 Å². The normalized spacial score (nSPS) is 19.7. The Morgan fingerprint density at radius 1 is 1.12 bits per heavy atom. The van der Waals surface area contributed by atoms with Crippen LogP contribution in [0, 0.1) is 0 Å². The Labute approximate surface area is 202 Å². The summed E-state index contributed by atoms with van der Waals surface area (Å²) in [4.78, 5) is 26.2. The summed E-state index contributed by atoms with van der Waals surface area (Å²) in [5, 5.41) is 10.2. The number of hydrogen-bond acceptors (Lipinski definition) is 7. The molecule has 8 nitrogen and oxygen atoms in total. The van der Waals surface area contributed by atoms with Crippen molar-refractivity contribution < 1.29 is 14.3 Å². The summed E-state index contributed by atoms with van der Waals surface area (Å²) in [6.07, 6.45) is 4.09. The predicted octanol–water partition coefficient (Wildman–Crippen LogP) is 2.25. The van der Waals surface area contributed by atoms with Crippen LogP contribution < -0.4 is 4.90 Å². The minimum atomic E-state index is -0.870. The first kappa shape index (κ1) is 24.4. The lowest BCUT2D eigenvalue weighted by atomic mass is 10.1. The van der Waals surface area contributed by atoms with Crippen LogP contribution in [-0.2, 0) is 13.0 Å². The standard InChI is InChI=1S/C26H37N5O3/c1-4-21-8-6-7-9-23(21)30-14-16-31(17-15-30)25(32)22-19-34-24(27-22)18-28-10-12-29(13-11-28)20-26(3,33)5-2/h5-9,19,33H,2,4,10-18,20H2,1,3H3/t26-/m1/s1. The number of aryl methyl sites for hydroxylation is 1. The van der Waals surface area contributed by atoms with E-state index in [0.29, 0.717) is 37.8 Å². The van der Waals surface area contributed by atoms with E-state index in [9.17, 15) is 9.90 Å². The quantitative estimate of drug-likeness (QED) is 0.597. The number of carbonyl (C=O) groups excluding carboxylic acids is 1. The van der Waals surface area contributed by atoms with Crippen molar-refractivity contribution >= 4 is 11.6 Å². The number of oxazole rings is 1. The lowest BCUT2D eigenvalue weighted by Crippen LogP contribution is -2.50. The number of carbonyl (C=O) groups is 1. The van der Waals surface area contributed by atoms with E-state index in [2.05, 4.69) is 57.5 Å². The molecule has 0 aliphatic carbocycles. The van der Waals surface area contributed by atoms with Crippen LogP contribution in [-0.4, -0.2) is 95.2 Å². The molecule has 1 atom stereocenters. The molecule has 0 saturated carbocycles. The number of rotatable bonds is 8. The van der Waals surface area contributed by atoms with Crippen LogP contribution >= 0.6 is 0 Å². The van der Waals surface area contributed by atoms with Crippen molar-refractivity contribution in [1.82, 2.24) is 19.7 Å². The van der Waals surface area contributed by atoms with Gasteiger partial charge in [-0.25, -0.2) is 4.98 Å². The number of aromatic nitrogens is 1. The Morgan fingerprint density at radius 2 is 1.79 bits per heavy atom. The predicted molar refractivity (Wildman–Crippen MR) is 133 cm³/mol. The summed E-state index contributed by atoms with van der Waals surface area (Å²) in [5.41, 5.74) is 2.13. The lowest BCUT2D eigenvalue weighted by Gasteiger charge is -2.37. The fourth-order valence-corrected chi connectivity index (χ4v) is 4.73. The highest BCUT2D eigenvalue weighted by molar-refractivity contribution is 5.92. The molecule has 1 amide bonds. The van der Waals surface area contributed by atoms with Gasteiger partial charge >= 0.3 is 0 Å². The van der Waals surface area contributed by atoms with Crippen molar-refractivity contribution in [1.29, 1.82) is 0 Å². The molecule has 184 valence electrons. The van der Waals surface area contributed by atoms with Gasteiger partial charge in [0, 0.05) is 64.6 Å². The zero-order valence-corrected chi connectivity index (χ0v) is 20.4. The highest BCUT2D eigenvalue weighted by Crippen LogP contribution is 2.23. The third kappa shape index (κ3) is 5.87. The van der Waals surface area contributed by atoms with Crippen LogP contribution in [0.15, 0.2) is 47.6 Å². The Balaban J connectivity index is 1.26. The second kappa shape index (κ2) is 10.7. The van der Waals surface area contributed by atoms with Gasteiger partial charge in [-0.3, -0.25) is 14.6 Å². The van der Waals surface area contributed by atoms with Gasteiger partial charge < -0.3 is 19.3 Å². The number of para-hydroxylation sites is 1. The molecular weight excluding hydrogens is 430 g/mol. The maximum absolute atomic E-state index is 13.0. The van der Waals surface area contributed by atoms with Crippen molar-refractivity contribution in [2.45, 2.75) is 32.4 Å². The number of benzene rings is 1. The molecule has 2 aliphatic heterocycles. The molecular formula is C26H37N5O3. The van der Waals surface area contributed by atoms with E-state index in [1.54, 1.807) is 13.0 Å². The molecule has 0 radical (unpaired) electrons. The topological polar surface area (TPSA) is 76.3 Å². The molecule has 8 heteroatoms. The third-order valence-electron chi connectivity index (χ3n) is 6.86. The van der Waals surface area contributed by atoms with Gasteiger partial charge in [-0.1, -0.05) is 31.2 Å². The number of amides is 1. The van der Waals surface area contributed by atoms with E-state index in [4.69, 9.17) is 4.42 Å². The van der Waals surface area contributed by atoms with Crippen molar-refractivity contribution in [3.63, 3.8) is 0 Å². The zero-order chi connectivity index (χ0) is 24.1. The van der Waals surface area contributed by atoms with Gasteiger partial charge in [0.2, 0.25) is 5.89 Å². The molecule has 0 bridgehead atoms. The average Bonchev–Trinajstić information content (AvgIpc) is 3.33. The maximum Gasteiger partial charge on any atom is 0.275 e. The first-order valence-corrected chi connectivity index (χ1v) is 12.3. The van der Waals surface area contributed by atoms with Gasteiger partial charge in [-0.15, -0.1) is 6.58 Å². The van der Waals surface area contributed by atoms with E-state index < -0.39 is 5.60 Å². The number of piperazine rings is 2. The Hall–Kier alpha value is -2.68. The molecule has 0 unspecified atom stereocenters. The second-order valence-corrected chi connectivity index (χ2v) is 9.50. The minimum absolute atomic E-state index is 0.0603. The van der Waals surface area contributed by atoms with E-state index in [0.717, 1.165) is 45.7 Å². The van der Waals surface area contributed by atoms with Crippen LogP contribution in [0.25, 0.3) is 0 Å². The smallest absolute Gasteiger partial charge is 0.275 e. The van der Waals surface area contributed by atoms with Gasteiger partial charge in [0.1, 0.15) is 6.26 Å². The molecule has 34 heavy (non-hydrogen) atoms. The summed E-state index contributed by atoms with van der Waals surface area (Å²) < 4.78 is 5.65. The van der Waals surface area contributed by atoms with Crippen molar-refractivity contribution in [3.8, 4) is 0 Å². The molecule has 2 saturated heterocycles. The molecule has 2 aliphatic rings. The van der Waals surface area contributed by atoms with Crippen LogP contribution in [0.5, 0.6) is 0 Å². The van der Waals surface area contributed by atoms with E-state index in [-0.39, 0.29) is 5.91 Å². The van der Waals surface area contributed by atoms with Gasteiger partial charge in [0.25, 0.3) is 5.91 Å². The minimum Gasteiger partial charge on any atom is -0.447 e.